The summed E-state index contributed by atoms with van der Waals surface area (Å²) in [6.07, 6.45) is 1.39. The molecule has 1 atom stereocenters. The summed E-state index contributed by atoms with van der Waals surface area (Å²) in [5.41, 5.74) is 3.06. The molecule has 1 aliphatic rings. The summed E-state index contributed by atoms with van der Waals surface area (Å²) < 4.78 is 5.48. The summed E-state index contributed by atoms with van der Waals surface area (Å²) in [5.74, 6) is -1.31. The lowest BCUT2D eigenvalue weighted by molar-refractivity contribution is -0.144. The molecule has 2 aromatic carbocycles. The Hall–Kier alpha value is -3.74. The molecule has 0 radical (unpaired) electrons. The van der Waals surface area contributed by atoms with Crippen LogP contribution < -0.4 is 0 Å². The highest BCUT2D eigenvalue weighted by molar-refractivity contribution is 6.44. The Morgan fingerprint density at radius 2 is 1.66 bits per heavy atom. The maximum Gasteiger partial charge on any atom is 0.335 e. The van der Waals surface area contributed by atoms with E-state index in [9.17, 15) is 14.4 Å². The largest absolute Gasteiger partial charge is 0.444 e. The van der Waals surface area contributed by atoms with Crippen LogP contribution in [0.1, 0.15) is 29.8 Å². The Bertz CT molecular complexity index is 1070. The van der Waals surface area contributed by atoms with Gasteiger partial charge in [0.25, 0.3) is 0 Å². The highest BCUT2D eigenvalue weighted by Gasteiger charge is 2.47. The summed E-state index contributed by atoms with van der Waals surface area (Å²) in [6, 6.07) is 15.5. The van der Waals surface area contributed by atoms with Crippen molar-refractivity contribution in [2.24, 2.45) is 0 Å². The van der Waals surface area contributed by atoms with Crippen LogP contribution in [-0.2, 0) is 16.1 Å². The summed E-state index contributed by atoms with van der Waals surface area (Å²) in [4.78, 5) is 43.9. The Labute approximate surface area is 167 Å². The van der Waals surface area contributed by atoms with E-state index in [1.807, 2.05) is 61.5 Å². The fourth-order valence-corrected chi connectivity index (χ4v) is 3.25. The Morgan fingerprint density at radius 1 is 0.966 bits per heavy atom. The summed E-state index contributed by atoms with van der Waals surface area (Å²) in [7, 11) is 0. The molecule has 2 heterocycles. The van der Waals surface area contributed by atoms with Crippen molar-refractivity contribution >= 4 is 17.8 Å². The molecule has 1 aliphatic heterocycles. The Kier molecular flexibility index (Phi) is 4.72. The molecule has 0 saturated carbocycles. The number of rotatable bonds is 5. The standard InChI is InChI=1S/C22H19N3O4/c1-14-8-10-17(11-9-14)19-23-18(13-29-19)12-24-20(26)21(27)25(22(24)28)15(2)16-6-4-3-5-7-16/h3-11,13,15H,12H2,1-2H3. The van der Waals surface area contributed by atoms with Crippen molar-refractivity contribution in [3.05, 3.63) is 77.7 Å². The van der Waals surface area contributed by atoms with Crippen LogP contribution in [0.25, 0.3) is 11.5 Å². The minimum Gasteiger partial charge on any atom is -0.444 e. The highest BCUT2D eigenvalue weighted by Crippen LogP contribution is 2.27. The molecule has 0 N–H and O–H groups in total. The molecule has 1 saturated heterocycles. The number of urea groups is 1. The molecule has 0 bridgehead atoms. The Balaban J connectivity index is 1.54. The van der Waals surface area contributed by atoms with E-state index in [0.29, 0.717) is 11.6 Å². The van der Waals surface area contributed by atoms with Gasteiger partial charge in [0.2, 0.25) is 5.89 Å². The molecule has 1 unspecified atom stereocenters. The van der Waals surface area contributed by atoms with E-state index in [1.54, 1.807) is 6.92 Å². The lowest BCUT2D eigenvalue weighted by Gasteiger charge is -2.22. The zero-order valence-electron chi connectivity index (χ0n) is 16.0. The van der Waals surface area contributed by atoms with Gasteiger partial charge in [-0.1, -0.05) is 48.0 Å². The van der Waals surface area contributed by atoms with Crippen LogP contribution >= 0.6 is 0 Å². The molecule has 146 valence electrons. The monoisotopic (exact) mass is 389 g/mol. The van der Waals surface area contributed by atoms with Gasteiger partial charge in [0, 0.05) is 5.56 Å². The van der Waals surface area contributed by atoms with Gasteiger partial charge in [-0.2, -0.15) is 0 Å². The van der Waals surface area contributed by atoms with E-state index in [1.165, 1.54) is 6.26 Å². The summed E-state index contributed by atoms with van der Waals surface area (Å²) >= 11 is 0. The highest BCUT2D eigenvalue weighted by atomic mass is 16.3. The SMILES string of the molecule is Cc1ccc(-c2nc(CN3C(=O)C(=O)N(C(C)c4ccccc4)C3=O)co2)cc1. The third-order valence-corrected chi connectivity index (χ3v) is 4.92. The molecule has 1 fully saturated rings. The number of benzene rings is 2. The fraction of sp³-hybridized carbons (Fsp3) is 0.182. The number of oxazole rings is 1. The molecule has 0 aliphatic carbocycles. The second-order valence-electron chi connectivity index (χ2n) is 6.95. The third kappa shape index (κ3) is 3.42. The number of imide groups is 2. The van der Waals surface area contributed by atoms with Crippen LogP contribution in [0.15, 0.2) is 65.3 Å². The molecular formula is C22H19N3O4. The smallest absolute Gasteiger partial charge is 0.335 e. The molecular weight excluding hydrogens is 370 g/mol. The van der Waals surface area contributed by atoms with E-state index in [0.717, 1.165) is 26.5 Å². The molecule has 0 spiro atoms. The topological polar surface area (TPSA) is 83.7 Å². The maximum absolute atomic E-state index is 12.8. The second kappa shape index (κ2) is 7.35. The Morgan fingerprint density at radius 3 is 2.34 bits per heavy atom. The van der Waals surface area contributed by atoms with E-state index in [4.69, 9.17) is 4.42 Å². The average Bonchev–Trinajstić information content (AvgIpc) is 3.28. The number of aromatic nitrogens is 1. The number of carbonyl (C=O) groups excluding carboxylic acids is 3. The first-order chi connectivity index (χ1) is 14.0. The number of nitrogens with zero attached hydrogens (tertiary/aromatic N) is 3. The lowest BCUT2D eigenvalue weighted by Crippen LogP contribution is -2.35. The molecule has 7 heteroatoms. The predicted octanol–water partition coefficient (Wildman–Crippen LogP) is 3.70. The number of hydrogen-bond donors (Lipinski definition) is 0. The van der Waals surface area contributed by atoms with Crippen molar-refractivity contribution in [1.29, 1.82) is 0 Å². The van der Waals surface area contributed by atoms with Gasteiger partial charge in [-0.3, -0.25) is 9.59 Å². The number of carbonyl (C=O) groups is 3. The average molecular weight is 389 g/mol. The first-order valence-corrected chi connectivity index (χ1v) is 9.21. The third-order valence-electron chi connectivity index (χ3n) is 4.92. The fourth-order valence-electron chi connectivity index (χ4n) is 3.25. The van der Waals surface area contributed by atoms with Crippen molar-refractivity contribution in [3.8, 4) is 11.5 Å². The van der Waals surface area contributed by atoms with Crippen molar-refractivity contribution in [3.63, 3.8) is 0 Å². The van der Waals surface area contributed by atoms with Gasteiger partial charge in [-0.25, -0.2) is 19.6 Å². The van der Waals surface area contributed by atoms with Crippen LogP contribution in [-0.4, -0.2) is 32.6 Å². The van der Waals surface area contributed by atoms with Gasteiger partial charge in [-0.05, 0) is 31.5 Å². The zero-order chi connectivity index (χ0) is 20.5. The van der Waals surface area contributed by atoms with E-state index >= 15 is 0 Å². The van der Waals surface area contributed by atoms with Gasteiger partial charge in [0.1, 0.15) is 6.26 Å². The van der Waals surface area contributed by atoms with E-state index < -0.39 is 23.9 Å². The molecule has 3 aromatic rings. The lowest BCUT2D eigenvalue weighted by atomic mass is 10.1. The summed E-state index contributed by atoms with van der Waals surface area (Å²) in [5, 5.41) is 0. The molecule has 4 amide bonds. The van der Waals surface area contributed by atoms with Crippen LogP contribution in [0.4, 0.5) is 4.79 Å². The van der Waals surface area contributed by atoms with Gasteiger partial charge < -0.3 is 4.42 Å². The normalized spacial score (nSPS) is 15.3. The van der Waals surface area contributed by atoms with Crippen LogP contribution in [0.5, 0.6) is 0 Å². The molecule has 7 nitrogen and oxygen atoms in total. The van der Waals surface area contributed by atoms with E-state index in [-0.39, 0.29) is 6.54 Å². The van der Waals surface area contributed by atoms with Crippen LogP contribution in [0.2, 0.25) is 0 Å². The summed E-state index contributed by atoms with van der Waals surface area (Å²) in [6.45, 7) is 3.57. The zero-order valence-corrected chi connectivity index (χ0v) is 16.0. The molecule has 4 rings (SSSR count). The first kappa shape index (κ1) is 18.6. The number of hydrogen-bond acceptors (Lipinski definition) is 5. The second-order valence-corrected chi connectivity index (χ2v) is 6.95. The number of amides is 4. The minimum absolute atomic E-state index is 0.128. The molecule has 1 aromatic heterocycles. The van der Waals surface area contributed by atoms with Gasteiger partial charge >= 0.3 is 17.8 Å². The maximum atomic E-state index is 12.8. The molecule has 29 heavy (non-hydrogen) atoms. The van der Waals surface area contributed by atoms with Gasteiger partial charge in [0.05, 0.1) is 18.3 Å². The predicted molar refractivity (Wildman–Crippen MR) is 104 cm³/mol. The van der Waals surface area contributed by atoms with E-state index in [2.05, 4.69) is 4.98 Å². The van der Waals surface area contributed by atoms with Crippen LogP contribution in [0, 0.1) is 6.92 Å². The van der Waals surface area contributed by atoms with Crippen LogP contribution in [0.3, 0.4) is 0 Å². The quantitative estimate of drug-likeness (QED) is 0.491. The van der Waals surface area contributed by atoms with Crippen molar-refractivity contribution in [1.82, 2.24) is 14.8 Å². The number of aryl methyl sites for hydroxylation is 1. The minimum atomic E-state index is -0.863. The van der Waals surface area contributed by atoms with Crippen molar-refractivity contribution in [2.45, 2.75) is 26.4 Å². The van der Waals surface area contributed by atoms with Crippen molar-refractivity contribution in [2.75, 3.05) is 0 Å². The van der Waals surface area contributed by atoms with Gasteiger partial charge in [-0.15, -0.1) is 0 Å². The van der Waals surface area contributed by atoms with Gasteiger partial charge in [0.15, 0.2) is 0 Å². The first-order valence-electron chi connectivity index (χ1n) is 9.21. The van der Waals surface area contributed by atoms with Crippen molar-refractivity contribution < 1.29 is 18.8 Å².